The molecule has 86 valence electrons. The van der Waals surface area contributed by atoms with E-state index in [1.54, 1.807) is 12.4 Å². The topological polar surface area (TPSA) is 37.3 Å². The Kier molecular flexibility index (Phi) is 3.73. The first-order valence-electron chi connectivity index (χ1n) is 5.22. The van der Waals surface area contributed by atoms with E-state index in [2.05, 4.69) is 15.5 Å². The molecule has 0 unspecified atom stereocenters. The van der Waals surface area contributed by atoms with Gasteiger partial charge in [-0.1, -0.05) is 29.8 Å². The first-order valence-corrected chi connectivity index (χ1v) is 5.60. The van der Waals surface area contributed by atoms with Crippen molar-refractivity contribution in [3.63, 3.8) is 0 Å². The van der Waals surface area contributed by atoms with Gasteiger partial charge >= 0.3 is 0 Å². The van der Waals surface area contributed by atoms with Gasteiger partial charge in [0, 0.05) is 18.0 Å². The smallest absolute Gasteiger partial charge is 0.0748 e. The van der Waals surface area contributed by atoms with Crippen LogP contribution in [0.2, 0.25) is 5.02 Å². The van der Waals surface area contributed by atoms with Gasteiger partial charge in [-0.25, -0.2) is 0 Å². The summed E-state index contributed by atoms with van der Waals surface area (Å²) >= 11 is 6.01. The van der Waals surface area contributed by atoms with Gasteiger partial charge in [-0.2, -0.15) is 5.10 Å². The molecule has 17 heavy (non-hydrogen) atoms. The molecular weight excluding hydrogens is 234 g/mol. The van der Waals surface area contributed by atoms with Crippen LogP contribution < -0.4 is 5.43 Å². The summed E-state index contributed by atoms with van der Waals surface area (Å²) in [5.74, 6) is 0. The normalized spacial score (nSPS) is 11.3. The van der Waals surface area contributed by atoms with E-state index >= 15 is 0 Å². The molecule has 0 bridgehead atoms. The molecule has 1 aromatic heterocycles. The highest BCUT2D eigenvalue weighted by atomic mass is 35.5. The van der Waals surface area contributed by atoms with Crippen molar-refractivity contribution in [3.8, 4) is 0 Å². The highest BCUT2D eigenvalue weighted by Crippen LogP contribution is 2.20. The molecule has 2 aromatic rings. The molecule has 0 aliphatic carbocycles. The van der Waals surface area contributed by atoms with Gasteiger partial charge in [0.2, 0.25) is 0 Å². The molecule has 0 spiro atoms. The van der Waals surface area contributed by atoms with Gasteiger partial charge in [-0.15, -0.1) is 0 Å². The fourth-order valence-electron chi connectivity index (χ4n) is 1.34. The lowest BCUT2D eigenvalue weighted by atomic mass is 10.2. The fourth-order valence-corrected chi connectivity index (χ4v) is 1.52. The molecular formula is C13H12ClN3. The number of anilines is 1. The molecule has 1 heterocycles. The van der Waals surface area contributed by atoms with Crippen LogP contribution in [0.3, 0.4) is 0 Å². The molecule has 0 atom stereocenters. The number of para-hydroxylation sites is 1. The lowest BCUT2D eigenvalue weighted by molar-refractivity contribution is 1.28. The molecule has 2 rings (SSSR count). The van der Waals surface area contributed by atoms with Crippen molar-refractivity contribution < 1.29 is 0 Å². The second kappa shape index (κ2) is 5.46. The van der Waals surface area contributed by atoms with Gasteiger partial charge in [0.1, 0.15) is 0 Å². The predicted octanol–water partition coefficient (Wildman–Crippen LogP) is 3.57. The zero-order chi connectivity index (χ0) is 12.1. The van der Waals surface area contributed by atoms with Crippen molar-refractivity contribution in [3.05, 3.63) is 59.4 Å². The largest absolute Gasteiger partial charge is 0.277 e. The minimum atomic E-state index is 0.648. The van der Waals surface area contributed by atoms with Gasteiger partial charge in [-0.05, 0) is 25.1 Å². The van der Waals surface area contributed by atoms with E-state index in [1.807, 2.05) is 43.3 Å². The molecule has 3 nitrogen and oxygen atoms in total. The third-order valence-electron chi connectivity index (χ3n) is 2.30. The summed E-state index contributed by atoms with van der Waals surface area (Å²) in [5, 5.41) is 4.92. The summed E-state index contributed by atoms with van der Waals surface area (Å²) in [6.07, 6.45) is 3.51. The summed E-state index contributed by atoms with van der Waals surface area (Å²) in [7, 11) is 0. The van der Waals surface area contributed by atoms with Crippen LogP contribution in [0, 0.1) is 0 Å². The Balaban J connectivity index is 2.14. The zero-order valence-electron chi connectivity index (χ0n) is 9.39. The van der Waals surface area contributed by atoms with Crippen molar-refractivity contribution in [2.75, 3.05) is 5.43 Å². The van der Waals surface area contributed by atoms with Crippen molar-refractivity contribution in [1.82, 2.24) is 4.98 Å². The number of aromatic nitrogens is 1. The third-order valence-corrected chi connectivity index (χ3v) is 2.63. The fraction of sp³-hybridized carbons (Fsp3) is 0.0769. The lowest BCUT2D eigenvalue weighted by Gasteiger charge is -2.04. The van der Waals surface area contributed by atoms with Crippen LogP contribution in [0.25, 0.3) is 0 Å². The Morgan fingerprint density at radius 3 is 2.76 bits per heavy atom. The van der Waals surface area contributed by atoms with E-state index in [-0.39, 0.29) is 0 Å². The highest BCUT2D eigenvalue weighted by molar-refractivity contribution is 6.33. The van der Waals surface area contributed by atoms with Crippen LogP contribution in [0.5, 0.6) is 0 Å². The number of nitrogens with zero attached hydrogens (tertiary/aromatic N) is 2. The second-order valence-electron chi connectivity index (χ2n) is 3.53. The predicted molar refractivity (Wildman–Crippen MR) is 71.5 cm³/mol. The van der Waals surface area contributed by atoms with E-state index in [0.717, 1.165) is 17.0 Å². The van der Waals surface area contributed by atoms with Gasteiger partial charge in [-0.3, -0.25) is 10.4 Å². The summed E-state index contributed by atoms with van der Waals surface area (Å²) in [6.45, 7) is 1.92. The number of benzene rings is 1. The Morgan fingerprint density at radius 1 is 1.24 bits per heavy atom. The average molecular weight is 246 g/mol. The average Bonchev–Trinajstić information content (AvgIpc) is 2.38. The van der Waals surface area contributed by atoms with E-state index < -0.39 is 0 Å². The monoisotopic (exact) mass is 245 g/mol. The maximum Gasteiger partial charge on any atom is 0.0748 e. The Labute approximate surface area is 105 Å². The molecule has 0 fully saturated rings. The van der Waals surface area contributed by atoms with Crippen LogP contribution in [0.4, 0.5) is 5.69 Å². The van der Waals surface area contributed by atoms with Gasteiger partial charge in [0.15, 0.2) is 0 Å². The SMILES string of the molecule is CC(=NNc1ccccc1Cl)c1cccnc1. The van der Waals surface area contributed by atoms with Crippen LogP contribution in [0.1, 0.15) is 12.5 Å². The maximum absolute atomic E-state index is 6.01. The quantitative estimate of drug-likeness (QED) is 0.663. The van der Waals surface area contributed by atoms with Crippen molar-refractivity contribution >= 4 is 23.0 Å². The number of halogens is 1. The Bertz CT molecular complexity index is 523. The van der Waals surface area contributed by atoms with Crippen LogP contribution >= 0.6 is 11.6 Å². The number of hydrazone groups is 1. The molecule has 0 saturated carbocycles. The van der Waals surface area contributed by atoms with Gasteiger partial charge in [0.25, 0.3) is 0 Å². The molecule has 4 heteroatoms. The minimum Gasteiger partial charge on any atom is -0.277 e. The molecule has 1 aromatic carbocycles. The Hall–Kier alpha value is -1.87. The standard InChI is InChI=1S/C13H12ClN3/c1-10(11-5-4-8-15-9-11)16-17-13-7-3-2-6-12(13)14/h2-9,17H,1H3. The summed E-state index contributed by atoms with van der Waals surface area (Å²) < 4.78 is 0. The van der Waals surface area contributed by atoms with Gasteiger partial charge in [0.05, 0.1) is 16.4 Å². The van der Waals surface area contributed by atoms with E-state index in [4.69, 9.17) is 11.6 Å². The zero-order valence-corrected chi connectivity index (χ0v) is 10.1. The van der Waals surface area contributed by atoms with E-state index in [1.165, 1.54) is 0 Å². The highest BCUT2D eigenvalue weighted by Gasteiger charge is 1.98. The number of hydrogen-bond acceptors (Lipinski definition) is 3. The molecule has 0 radical (unpaired) electrons. The van der Waals surface area contributed by atoms with Crippen LogP contribution in [0.15, 0.2) is 53.9 Å². The third kappa shape index (κ3) is 3.04. The number of nitrogens with one attached hydrogen (secondary N) is 1. The van der Waals surface area contributed by atoms with Crippen molar-refractivity contribution in [2.45, 2.75) is 6.92 Å². The minimum absolute atomic E-state index is 0.648. The molecule has 0 aliphatic rings. The summed E-state index contributed by atoms with van der Waals surface area (Å²) in [4.78, 5) is 4.04. The molecule has 1 N–H and O–H groups in total. The van der Waals surface area contributed by atoms with E-state index in [9.17, 15) is 0 Å². The Morgan fingerprint density at radius 2 is 2.06 bits per heavy atom. The maximum atomic E-state index is 6.01. The number of rotatable bonds is 3. The first kappa shape index (κ1) is 11.6. The lowest BCUT2D eigenvalue weighted by Crippen LogP contribution is -2.00. The van der Waals surface area contributed by atoms with Crippen molar-refractivity contribution in [2.24, 2.45) is 5.10 Å². The van der Waals surface area contributed by atoms with Crippen molar-refractivity contribution in [1.29, 1.82) is 0 Å². The van der Waals surface area contributed by atoms with E-state index in [0.29, 0.717) is 5.02 Å². The first-order chi connectivity index (χ1) is 8.27. The summed E-state index contributed by atoms with van der Waals surface area (Å²) in [6, 6.07) is 11.3. The van der Waals surface area contributed by atoms with Crippen LogP contribution in [-0.4, -0.2) is 10.7 Å². The second-order valence-corrected chi connectivity index (χ2v) is 3.94. The van der Waals surface area contributed by atoms with Gasteiger partial charge < -0.3 is 0 Å². The molecule has 0 amide bonds. The molecule has 0 saturated heterocycles. The molecule has 0 aliphatic heterocycles. The van der Waals surface area contributed by atoms with Crippen LogP contribution in [-0.2, 0) is 0 Å². The number of pyridine rings is 1. The number of hydrogen-bond donors (Lipinski definition) is 1. The summed E-state index contributed by atoms with van der Waals surface area (Å²) in [5.41, 5.74) is 5.57.